The molecule has 0 saturated carbocycles. The van der Waals surface area contributed by atoms with Crippen molar-refractivity contribution < 1.29 is 1.37 Å². The van der Waals surface area contributed by atoms with Crippen LogP contribution >= 0.6 is 0 Å². The van der Waals surface area contributed by atoms with Crippen molar-refractivity contribution >= 4 is 0 Å². The molecule has 0 aromatic heterocycles. The number of rotatable bonds is 0. The van der Waals surface area contributed by atoms with Crippen molar-refractivity contribution in [2.45, 2.75) is 6.40 Å². The second-order valence-corrected chi connectivity index (χ2v) is 0.962. The maximum Gasteiger partial charge on any atom is 0.0353 e. The van der Waals surface area contributed by atoms with Crippen LogP contribution in [0.15, 0.2) is 24.3 Å². The molecule has 0 aromatic carbocycles. The zero-order valence-corrected chi connectivity index (χ0v) is 2.89. The van der Waals surface area contributed by atoms with Crippen LogP contribution in [0.5, 0.6) is 0 Å². The molecule has 0 aromatic rings. The topological polar surface area (TPSA) is 0 Å². The van der Waals surface area contributed by atoms with Gasteiger partial charge in [-0.3, -0.25) is 0 Å². The summed E-state index contributed by atoms with van der Waals surface area (Å²) >= 11 is 0. The van der Waals surface area contributed by atoms with Gasteiger partial charge in [-0.2, -0.15) is 0 Å². The van der Waals surface area contributed by atoms with Gasteiger partial charge in [-0.1, -0.05) is 24.3 Å². The summed E-state index contributed by atoms with van der Waals surface area (Å²) < 4.78 is 6.96. The largest absolute Gasteiger partial charge is 0.0808 e. The SMILES string of the molecule is [2H]C1C=CC=C1. The summed E-state index contributed by atoms with van der Waals surface area (Å²) in [6.07, 6.45) is 7.38. The Bertz CT molecular complexity index is 80.1. The van der Waals surface area contributed by atoms with E-state index in [4.69, 9.17) is 1.37 Å². The van der Waals surface area contributed by atoms with Gasteiger partial charge in [0.25, 0.3) is 0 Å². The summed E-state index contributed by atoms with van der Waals surface area (Å²) in [5.41, 5.74) is 0. The molecule has 1 aliphatic rings. The summed E-state index contributed by atoms with van der Waals surface area (Å²) in [5, 5.41) is 0. The molecular formula is C5H6. The molecule has 0 spiro atoms. The van der Waals surface area contributed by atoms with Gasteiger partial charge >= 0.3 is 0 Å². The maximum absolute atomic E-state index is 6.96. The van der Waals surface area contributed by atoms with E-state index in [1.54, 1.807) is 0 Å². The molecule has 1 aliphatic carbocycles. The van der Waals surface area contributed by atoms with Crippen molar-refractivity contribution in [2.75, 3.05) is 0 Å². The first kappa shape index (κ1) is 1.81. The Morgan fingerprint density at radius 1 is 1.40 bits per heavy atom. The van der Waals surface area contributed by atoms with E-state index in [2.05, 4.69) is 0 Å². The van der Waals surface area contributed by atoms with Gasteiger partial charge in [0, 0.05) is 1.37 Å². The average molecular weight is 67.1 g/mol. The standard InChI is InChI=1S/C5H6/c1-2-4-5-3-1/h1-4H,5H2/i5D. The van der Waals surface area contributed by atoms with E-state index in [0.717, 1.165) is 0 Å². The fourth-order valence-corrected chi connectivity index (χ4v) is 0.321. The molecule has 26 valence electrons. The second kappa shape index (κ2) is 1.07. The zero-order chi connectivity index (χ0) is 4.41. The van der Waals surface area contributed by atoms with E-state index < -0.39 is 0 Å². The van der Waals surface area contributed by atoms with Gasteiger partial charge in [-0.15, -0.1) is 0 Å². The smallest absolute Gasteiger partial charge is 0.0353 e. The Balaban J connectivity index is 2.60. The summed E-state index contributed by atoms with van der Waals surface area (Å²) in [7, 11) is 0. The highest BCUT2D eigenvalue weighted by atomic mass is 13.8. The monoisotopic (exact) mass is 67.1 g/mol. The summed E-state index contributed by atoms with van der Waals surface area (Å²) in [5.74, 6) is 0. The van der Waals surface area contributed by atoms with Crippen molar-refractivity contribution in [1.29, 1.82) is 0 Å². The number of allylic oxidation sites excluding steroid dienone is 4. The minimum absolute atomic E-state index is 0.0648. The third-order valence-corrected chi connectivity index (χ3v) is 0.556. The van der Waals surface area contributed by atoms with Crippen LogP contribution in [0.25, 0.3) is 0 Å². The Hall–Kier alpha value is -0.520. The van der Waals surface area contributed by atoms with E-state index in [-0.39, 0.29) is 6.40 Å². The first-order chi connectivity index (χ1) is 2.89. The zero-order valence-electron chi connectivity index (χ0n) is 3.89. The minimum atomic E-state index is -0.0648. The summed E-state index contributed by atoms with van der Waals surface area (Å²) in [6.45, 7) is 0. The Kier molecular flexibility index (Phi) is 0.385. The molecular weight excluding hydrogens is 60.1 g/mol. The van der Waals surface area contributed by atoms with Gasteiger partial charge < -0.3 is 0 Å². The van der Waals surface area contributed by atoms with Gasteiger partial charge in [0.05, 0.1) is 0 Å². The number of hydrogen-bond acceptors (Lipinski definition) is 0. The highest BCUT2D eigenvalue weighted by molar-refractivity contribution is 5.11. The lowest BCUT2D eigenvalue weighted by Gasteiger charge is -1.57. The van der Waals surface area contributed by atoms with Crippen molar-refractivity contribution in [3.8, 4) is 0 Å². The van der Waals surface area contributed by atoms with Gasteiger partial charge in [0.2, 0.25) is 0 Å². The van der Waals surface area contributed by atoms with Crippen LogP contribution in [-0.2, 0) is 0 Å². The molecule has 1 rings (SSSR count). The lowest BCUT2D eigenvalue weighted by Crippen LogP contribution is -1.37. The fourth-order valence-electron chi connectivity index (χ4n) is 0.321. The lowest BCUT2D eigenvalue weighted by molar-refractivity contribution is 1.45. The van der Waals surface area contributed by atoms with E-state index in [1.165, 1.54) is 0 Å². The highest BCUT2D eigenvalue weighted by Crippen LogP contribution is 1.93. The third kappa shape index (κ3) is 0.380. The van der Waals surface area contributed by atoms with Crippen LogP contribution < -0.4 is 0 Å². The average Bonchev–Trinajstić information content (AvgIpc) is 1.86. The van der Waals surface area contributed by atoms with Crippen LogP contribution in [0, 0.1) is 0 Å². The molecule has 0 bridgehead atoms. The molecule has 0 fully saturated rings. The first-order valence-corrected chi connectivity index (χ1v) is 1.67. The molecule has 0 amide bonds. The minimum Gasteiger partial charge on any atom is -0.0808 e. The predicted octanol–water partition coefficient (Wildman–Crippen LogP) is 1.50. The van der Waals surface area contributed by atoms with Gasteiger partial charge in [-0.05, 0) is 6.40 Å². The van der Waals surface area contributed by atoms with Gasteiger partial charge in [0.1, 0.15) is 0 Å². The summed E-state index contributed by atoms with van der Waals surface area (Å²) in [6, 6.07) is 0. The van der Waals surface area contributed by atoms with Crippen molar-refractivity contribution in [1.82, 2.24) is 0 Å². The molecule has 0 atom stereocenters. The van der Waals surface area contributed by atoms with Crippen molar-refractivity contribution in [3.63, 3.8) is 0 Å². The molecule has 0 radical (unpaired) electrons. The Morgan fingerprint density at radius 3 is 2.20 bits per heavy atom. The Labute approximate surface area is 33.2 Å². The van der Waals surface area contributed by atoms with Crippen LogP contribution in [0.3, 0.4) is 0 Å². The van der Waals surface area contributed by atoms with Crippen molar-refractivity contribution in [2.24, 2.45) is 0 Å². The first-order valence-electron chi connectivity index (χ1n) is 2.24. The number of hydrogen-bond donors (Lipinski definition) is 0. The molecule has 0 N–H and O–H groups in total. The normalized spacial score (nSPS) is 24.4. The van der Waals surface area contributed by atoms with Crippen LogP contribution in [0.1, 0.15) is 7.77 Å². The van der Waals surface area contributed by atoms with Crippen LogP contribution in [-0.4, -0.2) is 0 Å². The fraction of sp³-hybridized carbons (Fsp3) is 0.200. The summed E-state index contributed by atoms with van der Waals surface area (Å²) in [4.78, 5) is 0. The van der Waals surface area contributed by atoms with E-state index in [1.807, 2.05) is 24.3 Å². The second-order valence-electron chi connectivity index (χ2n) is 0.962. The Morgan fingerprint density at radius 2 is 2.00 bits per heavy atom. The molecule has 0 aliphatic heterocycles. The highest BCUT2D eigenvalue weighted by Gasteiger charge is 1.72. The quantitative estimate of drug-likeness (QED) is 0.403. The van der Waals surface area contributed by atoms with Gasteiger partial charge in [-0.25, -0.2) is 0 Å². The van der Waals surface area contributed by atoms with Gasteiger partial charge in [0.15, 0.2) is 0 Å². The molecule has 0 heterocycles. The maximum atomic E-state index is 6.96. The van der Waals surface area contributed by atoms with Crippen LogP contribution in [0.2, 0.25) is 0 Å². The molecule has 0 unspecified atom stereocenters. The third-order valence-electron chi connectivity index (χ3n) is 0.556. The predicted molar refractivity (Wildman–Crippen MR) is 22.9 cm³/mol. The lowest BCUT2D eigenvalue weighted by atomic mass is 10.5. The van der Waals surface area contributed by atoms with Crippen LogP contribution in [0.4, 0.5) is 0 Å². The van der Waals surface area contributed by atoms with Crippen molar-refractivity contribution in [3.05, 3.63) is 24.3 Å². The van der Waals surface area contributed by atoms with E-state index >= 15 is 0 Å². The van der Waals surface area contributed by atoms with E-state index in [0.29, 0.717) is 0 Å². The molecule has 0 heteroatoms. The molecule has 0 saturated heterocycles. The molecule has 0 nitrogen and oxygen atoms in total. The molecule has 5 heavy (non-hydrogen) atoms. The van der Waals surface area contributed by atoms with E-state index in [9.17, 15) is 0 Å².